The Kier molecular flexibility index (Phi) is 2.35. The Morgan fingerprint density at radius 3 is 2.72 bits per heavy atom. The maximum absolute atomic E-state index is 10.4. The quantitative estimate of drug-likeness (QED) is 0.882. The first-order valence-electron chi connectivity index (χ1n) is 7.39. The Bertz CT molecular complexity index is 439. The summed E-state index contributed by atoms with van der Waals surface area (Å²) in [6, 6.07) is 0. The van der Waals surface area contributed by atoms with Crippen LogP contribution in [-0.4, -0.2) is 21.0 Å². The van der Waals surface area contributed by atoms with Crippen LogP contribution in [0.1, 0.15) is 31.2 Å². The zero-order chi connectivity index (χ0) is 12.3. The summed E-state index contributed by atoms with van der Waals surface area (Å²) in [5.74, 6) is 4.38. The van der Waals surface area contributed by atoms with Gasteiger partial charge in [-0.1, -0.05) is 0 Å². The molecule has 0 saturated heterocycles. The number of nitrogens with zero attached hydrogens (tertiary/aromatic N) is 2. The van der Waals surface area contributed by atoms with Gasteiger partial charge in [-0.05, 0) is 67.3 Å². The van der Waals surface area contributed by atoms with Gasteiger partial charge in [0.15, 0.2) is 0 Å². The van der Waals surface area contributed by atoms with Crippen LogP contribution in [0, 0.1) is 29.6 Å². The lowest BCUT2D eigenvalue weighted by Crippen LogP contribution is -2.16. The zero-order valence-corrected chi connectivity index (χ0v) is 11.0. The summed E-state index contributed by atoms with van der Waals surface area (Å²) < 4.78 is 1.84. The van der Waals surface area contributed by atoms with Gasteiger partial charge >= 0.3 is 0 Å². The first-order chi connectivity index (χ1) is 8.74. The van der Waals surface area contributed by atoms with Crippen LogP contribution in [0.3, 0.4) is 0 Å². The molecule has 18 heavy (non-hydrogen) atoms. The highest BCUT2D eigenvalue weighted by atomic mass is 16.3. The lowest BCUT2D eigenvalue weighted by atomic mass is 9.96. The molecule has 3 fully saturated rings. The van der Waals surface area contributed by atoms with Crippen LogP contribution >= 0.6 is 0 Å². The average Bonchev–Trinajstić information content (AvgIpc) is 2.69. The summed E-state index contributed by atoms with van der Waals surface area (Å²) in [7, 11) is 1.95. The van der Waals surface area contributed by atoms with E-state index in [-0.39, 0.29) is 6.10 Å². The first-order valence-corrected chi connectivity index (χ1v) is 7.39. The molecule has 5 unspecified atom stereocenters. The summed E-state index contributed by atoms with van der Waals surface area (Å²) in [6.45, 7) is 0. The van der Waals surface area contributed by atoms with Crippen LogP contribution in [0.5, 0.6) is 0 Å². The minimum Gasteiger partial charge on any atom is -0.393 e. The molecule has 0 aromatic carbocycles. The van der Waals surface area contributed by atoms with Crippen LogP contribution < -0.4 is 0 Å². The lowest BCUT2D eigenvalue weighted by molar-refractivity contribution is 0.120. The van der Waals surface area contributed by atoms with Crippen molar-refractivity contribution in [3.63, 3.8) is 0 Å². The van der Waals surface area contributed by atoms with Crippen molar-refractivity contribution in [1.29, 1.82) is 0 Å². The van der Waals surface area contributed by atoms with Crippen LogP contribution in [-0.2, 0) is 13.5 Å². The van der Waals surface area contributed by atoms with Crippen molar-refractivity contribution in [3.05, 3.63) is 18.0 Å². The SMILES string of the molecule is Cn1cc(CCC(O)C2C3C4CCC(C4)C23)cn1. The van der Waals surface area contributed by atoms with Crippen LogP contribution in [0.4, 0.5) is 0 Å². The molecule has 1 N–H and O–H groups in total. The Morgan fingerprint density at radius 1 is 1.39 bits per heavy atom. The number of aliphatic hydroxyl groups excluding tert-OH is 1. The van der Waals surface area contributed by atoms with E-state index in [1.807, 2.05) is 17.9 Å². The highest BCUT2D eigenvalue weighted by Crippen LogP contribution is 2.70. The molecule has 0 aliphatic heterocycles. The molecule has 4 rings (SSSR count). The molecule has 0 radical (unpaired) electrons. The molecule has 1 heterocycles. The molecule has 0 amide bonds. The minimum atomic E-state index is -0.0661. The molecule has 3 heteroatoms. The molecule has 2 bridgehead atoms. The molecule has 3 nitrogen and oxygen atoms in total. The van der Waals surface area contributed by atoms with Gasteiger partial charge in [-0.3, -0.25) is 4.68 Å². The fraction of sp³-hybridized carbons (Fsp3) is 0.800. The maximum Gasteiger partial charge on any atom is 0.0577 e. The molecule has 3 aliphatic carbocycles. The lowest BCUT2D eigenvalue weighted by Gasteiger charge is -2.14. The number of aromatic nitrogens is 2. The van der Waals surface area contributed by atoms with Crippen LogP contribution in [0.2, 0.25) is 0 Å². The number of aryl methyl sites for hydroxylation is 2. The Hall–Kier alpha value is -0.830. The highest BCUT2D eigenvalue weighted by molar-refractivity contribution is 5.15. The molecule has 1 aromatic rings. The fourth-order valence-corrected chi connectivity index (χ4v) is 5.01. The largest absolute Gasteiger partial charge is 0.393 e. The second-order valence-corrected chi connectivity index (χ2v) is 6.69. The maximum atomic E-state index is 10.4. The van der Waals surface area contributed by atoms with Gasteiger partial charge in [0.25, 0.3) is 0 Å². The molecule has 1 aromatic heterocycles. The third kappa shape index (κ3) is 1.56. The van der Waals surface area contributed by atoms with Crippen molar-refractivity contribution in [2.75, 3.05) is 0 Å². The summed E-state index contributed by atoms with van der Waals surface area (Å²) >= 11 is 0. The van der Waals surface area contributed by atoms with Gasteiger partial charge in [0.1, 0.15) is 0 Å². The van der Waals surface area contributed by atoms with Crippen LogP contribution in [0.25, 0.3) is 0 Å². The normalized spacial score (nSPS) is 42.0. The monoisotopic (exact) mass is 246 g/mol. The van der Waals surface area contributed by atoms with E-state index >= 15 is 0 Å². The van der Waals surface area contributed by atoms with E-state index in [0.717, 1.165) is 36.5 Å². The van der Waals surface area contributed by atoms with Gasteiger partial charge in [0.05, 0.1) is 12.3 Å². The van der Waals surface area contributed by atoms with Gasteiger partial charge in [0.2, 0.25) is 0 Å². The van der Waals surface area contributed by atoms with E-state index in [0.29, 0.717) is 5.92 Å². The predicted molar refractivity (Wildman–Crippen MR) is 68.8 cm³/mol. The molecule has 3 aliphatic rings. The van der Waals surface area contributed by atoms with Gasteiger partial charge in [0, 0.05) is 13.2 Å². The highest BCUT2D eigenvalue weighted by Gasteiger charge is 2.66. The third-order valence-corrected chi connectivity index (χ3v) is 5.73. The first kappa shape index (κ1) is 11.0. The summed E-state index contributed by atoms with van der Waals surface area (Å²) in [6.07, 6.45) is 10.2. The molecular formula is C15H22N2O. The predicted octanol–water partition coefficient (Wildman–Crippen LogP) is 2.01. The van der Waals surface area contributed by atoms with E-state index in [2.05, 4.69) is 11.3 Å². The van der Waals surface area contributed by atoms with Crippen LogP contribution in [0.15, 0.2) is 12.4 Å². The number of aliphatic hydroxyl groups is 1. The van der Waals surface area contributed by atoms with Crippen molar-refractivity contribution in [3.8, 4) is 0 Å². The Balaban J connectivity index is 1.34. The second-order valence-electron chi connectivity index (χ2n) is 6.69. The van der Waals surface area contributed by atoms with E-state index in [4.69, 9.17) is 0 Å². The standard InChI is InChI=1S/C15H22N2O/c1-17-8-9(7-16-17)2-5-12(18)15-13-10-3-4-11(6-10)14(13)15/h7-8,10-15,18H,2-6H2,1H3. The summed E-state index contributed by atoms with van der Waals surface area (Å²) in [5.41, 5.74) is 1.25. The number of hydrogen-bond donors (Lipinski definition) is 1. The van der Waals surface area contributed by atoms with E-state index in [1.165, 1.54) is 24.8 Å². The Labute approximate surface area is 108 Å². The average molecular weight is 246 g/mol. The van der Waals surface area contributed by atoms with Crippen molar-refractivity contribution in [1.82, 2.24) is 9.78 Å². The van der Waals surface area contributed by atoms with Crippen molar-refractivity contribution in [2.45, 2.75) is 38.2 Å². The van der Waals surface area contributed by atoms with E-state index in [1.54, 1.807) is 0 Å². The van der Waals surface area contributed by atoms with Gasteiger partial charge in [-0.15, -0.1) is 0 Å². The molecule has 98 valence electrons. The van der Waals surface area contributed by atoms with Gasteiger partial charge < -0.3 is 5.11 Å². The van der Waals surface area contributed by atoms with Crippen molar-refractivity contribution >= 4 is 0 Å². The van der Waals surface area contributed by atoms with Crippen molar-refractivity contribution in [2.24, 2.45) is 36.6 Å². The summed E-state index contributed by atoms with van der Waals surface area (Å²) in [5, 5.41) is 14.6. The second kappa shape index (κ2) is 3.83. The van der Waals surface area contributed by atoms with Crippen molar-refractivity contribution < 1.29 is 5.11 Å². The minimum absolute atomic E-state index is 0.0661. The number of fused-ring (bicyclic) bond motifs is 5. The number of hydrogen-bond acceptors (Lipinski definition) is 2. The number of rotatable bonds is 4. The fourth-order valence-electron chi connectivity index (χ4n) is 5.01. The molecule has 3 saturated carbocycles. The summed E-state index contributed by atoms with van der Waals surface area (Å²) in [4.78, 5) is 0. The zero-order valence-electron chi connectivity index (χ0n) is 11.0. The molecular weight excluding hydrogens is 224 g/mol. The van der Waals surface area contributed by atoms with Gasteiger partial charge in [-0.25, -0.2) is 0 Å². The smallest absolute Gasteiger partial charge is 0.0577 e. The molecule has 0 spiro atoms. The third-order valence-electron chi connectivity index (χ3n) is 5.73. The van der Waals surface area contributed by atoms with E-state index < -0.39 is 0 Å². The van der Waals surface area contributed by atoms with E-state index in [9.17, 15) is 5.11 Å². The topological polar surface area (TPSA) is 38.0 Å². The molecule has 5 atom stereocenters. The Morgan fingerprint density at radius 2 is 2.11 bits per heavy atom. The van der Waals surface area contributed by atoms with Gasteiger partial charge in [-0.2, -0.15) is 5.10 Å².